The quantitative estimate of drug-likeness (QED) is 0.477. The first-order valence-corrected chi connectivity index (χ1v) is 10.1. The number of aromatic amines is 1. The third-order valence-corrected chi connectivity index (χ3v) is 5.43. The lowest BCUT2D eigenvalue weighted by Crippen LogP contribution is -2.46. The summed E-state index contributed by atoms with van der Waals surface area (Å²) >= 11 is 0. The van der Waals surface area contributed by atoms with E-state index in [0.717, 1.165) is 36.5 Å². The highest BCUT2D eigenvalue weighted by molar-refractivity contribution is 5.91. The Hall–Kier alpha value is -3.59. The highest BCUT2D eigenvalue weighted by Gasteiger charge is 2.30. The molecule has 3 aromatic heterocycles. The van der Waals surface area contributed by atoms with Gasteiger partial charge in [0.15, 0.2) is 11.6 Å². The Morgan fingerprint density at radius 2 is 2.10 bits per heavy atom. The van der Waals surface area contributed by atoms with Gasteiger partial charge in [0.05, 0.1) is 23.3 Å². The minimum absolute atomic E-state index is 0.00927. The second kappa shape index (κ2) is 8.27. The van der Waals surface area contributed by atoms with Crippen molar-refractivity contribution in [1.82, 2.24) is 30.2 Å². The van der Waals surface area contributed by atoms with E-state index < -0.39 is 11.7 Å². The second-order valence-electron chi connectivity index (χ2n) is 7.59. The smallest absolute Gasteiger partial charge is 0.273 e. The van der Waals surface area contributed by atoms with Crippen LogP contribution in [-0.4, -0.2) is 50.4 Å². The molecule has 1 fully saturated rings. The predicted octanol–water partition coefficient (Wildman–Crippen LogP) is 2.66. The molecule has 0 unspecified atom stereocenters. The third kappa shape index (κ3) is 4.17. The molecule has 0 saturated carbocycles. The summed E-state index contributed by atoms with van der Waals surface area (Å²) in [6.07, 6.45) is 3.41. The maximum atomic E-state index is 13.6. The standard InChI is InChI=1S/C22H21FN6O2/c23-15-4-3-8-24-18(15)10-25-22(30)19-13-31-20(26-19)7-9-29-11-14(12-29)21-27-16-5-1-2-6-17(16)28-21/h1-6,8,13-14H,7,9-12H2,(H,25,30)(H,27,28). The summed E-state index contributed by atoms with van der Waals surface area (Å²) in [7, 11) is 0. The van der Waals surface area contributed by atoms with Gasteiger partial charge in [-0.1, -0.05) is 12.1 Å². The predicted molar refractivity (Wildman–Crippen MR) is 111 cm³/mol. The number of hydrogen-bond donors (Lipinski definition) is 2. The van der Waals surface area contributed by atoms with E-state index in [1.54, 1.807) is 0 Å². The minimum atomic E-state index is -0.459. The molecule has 1 aliphatic rings. The van der Waals surface area contributed by atoms with Crippen molar-refractivity contribution in [2.75, 3.05) is 19.6 Å². The first-order valence-electron chi connectivity index (χ1n) is 10.1. The van der Waals surface area contributed by atoms with E-state index in [2.05, 4.69) is 30.2 Å². The molecular formula is C22H21FN6O2. The van der Waals surface area contributed by atoms with E-state index in [4.69, 9.17) is 4.42 Å². The number of nitrogens with zero attached hydrogens (tertiary/aromatic N) is 4. The first kappa shape index (κ1) is 19.4. The minimum Gasteiger partial charge on any atom is -0.448 e. The maximum absolute atomic E-state index is 13.6. The van der Waals surface area contributed by atoms with E-state index in [9.17, 15) is 9.18 Å². The van der Waals surface area contributed by atoms with E-state index >= 15 is 0 Å². The van der Waals surface area contributed by atoms with Crippen LogP contribution in [0.25, 0.3) is 11.0 Å². The number of imidazole rings is 1. The molecule has 5 rings (SSSR count). The Bertz CT molecular complexity index is 1180. The zero-order valence-electron chi connectivity index (χ0n) is 16.7. The number of benzene rings is 1. The number of pyridine rings is 1. The Morgan fingerprint density at radius 3 is 2.94 bits per heavy atom. The fourth-order valence-corrected chi connectivity index (χ4v) is 3.68. The number of aromatic nitrogens is 4. The van der Waals surface area contributed by atoms with E-state index in [1.165, 1.54) is 24.6 Å². The number of nitrogens with one attached hydrogen (secondary N) is 2. The number of hydrogen-bond acceptors (Lipinski definition) is 6. The molecule has 0 spiro atoms. The molecular weight excluding hydrogens is 399 g/mol. The fourth-order valence-electron chi connectivity index (χ4n) is 3.68. The number of para-hydroxylation sites is 2. The number of carbonyl (C=O) groups excluding carboxylic acids is 1. The Balaban J connectivity index is 1.09. The van der Waals surface area contributed by atoms with Crippen molar-refractivity contribution < 1.29 is 13.6 Å². The van der Waals surface area contributed by atoms with Gasteiger partial charge in [0, 0.05) is 38.2 Å². The number of carbonyl (C=O) groups is 1. The zero-order chi connectivity index (χ0) is 21.2. The number of halogens is 1. The summed E-state index contributed by atoms with van der Waals surface area (Å²) in [6.45, 7) is 2.62. The topological polar surface area (TPSA) is 99.9 Å². The lowest BCUT2D eigenvalue weighted by atomic mass is 9.99. The number of fused-ring (bicyclic) bond motifs is 1. The Kier molecular flexibility index (Phi) is 5.17. The van der Waals surface area contributed by atoms with Gasteiger partial charge >= 0.3 is 0 Å². The molecule has 9 heteroatoms. The molecule has 8 nitrogen and oxygen atoms in total. The Morgan fingerprint density at radius 1 is 1.23 bits per heavy atom. The van der Waals surface area contributed by atoms with Crippen LogP contribution in [0.1, 0.15) is 33.8 Å². The zero-order valence-corrected chi connectivity index (χ0v) is 16.7. The molecule has 1 saturated heterocycles. The maximum Gasteiger partial charge on any atom is 0.273 e. The van der Waals surface area contributed by atoms with Crippen LogP contribution in [-0.2, 0) is 13.0 Å². The van der Waals surface area contributed by atoms with Gasteiger partial charge in [0.1, 0.15) is 17.9 Å². The fraction of sp³-hybridized carbons (Fsp3) is 0.273. The van der Waals surface area contributed by atoms with Crippen LogP contribution < -0.4 is 5.32 Å². The second-order valence-corrected chi connectivity index (χ2v) is 7.59. The molecule has 31 heavy (non-hydrogen) atoms. The monoisotopic (exact) mass is 420 g/mol. The summed E-state index contributed by atoms with van der Waals surface area (Å²) in [6, 6.07) is 10.8. The van der Waals surface area contributed by atoms with Crippen molar-refractivity contribution in [2.24, 2.45) is 0 Å². The van der Waals surface area contributed by atoms with Crippen molar-refractivity contribution in [3.05, 3.63) is 77.8 Å². The van der Waals surface area contributed by atoms with Gasteiger partial charge in [-0.3, -0.25) is 9.78 Å². The van der Waals surface area contributed by atoms with Crippen LogP contribution in [0.4, 0.5) is 4.39 Å². The summed E-state index contributed by atoms with van der Waals surface area (Å²) < 4.78 is 19.0. The van der Waals surface area contributed by atoms with Crippen molar-refractivity contribution >= 4 is 16.9 Å². The Labute approximate surface area is 177 Å². The van der Waals surface area contributed by atoms with Crippen LogP contribution in [0.15, 0.2) is 53.3 Å². The number of likely N-dealkylation sites (tertiary alicyclic amines) is 1. The number of H-pyrrole nitrogens is 1. The van der Waals surface area contributed by atoms with Gasteiger partial charge in [-0.15, -0.1) is 0 Å². The molecule has 2 N–H and O–H groups in total. The molecule has 0 aliphatic carbocycles. The molecule has 0 radical (unpaired) electrons. The van der Waals surface area contributed by atoms with Gasteiger partial charge in [-0.05, 0) is 24.3 Å². The average molecular weight is 420 g/mol. The number of amides is 1. The van der Waals surface area contributed by atoms with E-state index in [1.807, 2.05) is 24.3 Å². The molecule has 0 atom stereocenters. The molecule has 158 valence electrons. The van der Waals surface area contributed by atoms with Gasteiger partial charge in [-0.2, -0.15) is 0 Å². The molecule has 1 amide bonds. The largest absolute Gasteiger partial charge is 0.448 e. The molecule has 1 aliphatic heterocycles. The van der Waals surface area contributed by atoms with Crippen molar-refractivity contribution in [3.63, 3.8) is 0 Å². The lowest BCUT2D eigenvalue weighted by Gasteiger charge is -2.37. The van der Waals surface area contributed by atoms with E-state index in [-0.39, 0.29) is 17.9 Å². The lowest BCUT2D eigenvalue weighted by molar-refractivity contribution is 0.0945. The van der Waals surface area contributed by atoms with Crippen LogP contribution in [0.3, 0.4) is 0 Å². The SMILES string of the molecule is O=C(NCc1ncccc1F)c1coc(CCN2CC(c3nc4ccccc4[nH]3)C2)n1. The molecule has 4 aromatic rings. The average Bonchev–Trinajstić information content (AvgIpc) is 3.39. The van der Waals surface area contributed by atoms with E-state index in [0.29, 0.717) is 18.2 Å². The first-order chi connectivity index (χ1) is 15.2. The summed E-state index contributed by atoms with van der Waals surface area (Å²) in [5.41, 5.74) is 2.41. The van der Waals surface area contributed by atoms with Crippen molar-refractivity contribution in [2.45, 2.75) is 18.9 Å². The van der Waals surface area contributed by atoms with Gasteiger partial charge < -0.3 is 19.6 Å². The van der Waals surface area contributed by atoms with Crippen LogP contribution in [0.2, 0.25) is 0 Å². The highest BCUT2D eigenvalue weighted by Crippen LogP contribution is 2.26. The normalized spacial score (nSPS) is 14.6. The third-order valence-electron chi connectivity index (χ3n) is 5.43. The van der Waals surface area contributed by atoms with Gasteiger partial charge in [0.2, 0.25) is 0 Å². The summed E-state index contributed by atoms with van der Waals surface area (Å²) in [5.74, 6) is 1.04. The van der Waals surface area contributed by atoms with Gasteiger partial charge in [-0.25, -0.2) is 14.4 Å². The summed E-state index contributed by atoms with van der Waals surface area (Å²) in [4.78, 5) is 30.7. The van der Waals surface area contributed by atoms with Gasteiger partial charge in [0.25, 0.3) is 5.91 Å². The van der Waals surface area contributed by atoms with Crippen LogP contribution in [0.5, 0.6) is 0 Å². The highest BCUT2D eigenvalue weighted by atomic mass is 19.1. The molecule has 1 aromatic carbocycles. The summed E-state index contributed by atoms with van der Waals surface area (Å²) in [5, 5.41) is 2.61. The van der Waals surface area contributed by atoms with Crippen LogP contribution >= 0.6 is 0 Å². The molecule has 0 bridgehead atoms. The van der Waals surface area contributed by atoms with Crippen molar-refractivity contribution in [1.29, 1.82) is 0 Å². The van der Waals surface area contributed by atoms with Crippen LogP contribution in [0, 0.1) is 5.82 Å². The number of rotatable bonds is 7. The molecule has 4 heterocycles. The number of oxazole rings is 1. The van der Waals surface area contributed by atoms with Crippen molar-refractivity contribution in [3.8, 4) is 0 Å².